The predicted molar refractivity (Wildman–Crippen MR) is 501 cm³/mol. The molecule has 15 aromatic carbocycles. The van der Waals surface area contributed by atoms with Gasteiger partial charge in [-0.05, 0) is 226 Å². The van der Waals surface area contributed by atoms with Gasteiger partial charge in [0, 0.05) is 77.2 Å². The summed E-state index contributed by atoms with van der Waals surface area (Å²) in [6.45, 7) is 32.7. The van der Waals surface area contributed by atoms with E-state index in [4.69, 9.17) is 5.79 Å². The Morgan fingerprint density at radius 2 is 0.667 bits per heavy atom. The quantitative estimate of drug-likeness (QED) is 0.142. The number of aromatic nitrogens is 3. The van der Waals surface area contributed by atoms with E-state index >= 15 is 0 Å². The minimum absolute atomic E-state index is 0.0138. The molecule has 7 heteroatoms. The van der Waals surface area contributed by atoms with Crippen LogP contribution in [0.15, 0.2) is 313 Å². The summed E-state index contributed by atoms with van der Waals surface area (Å²) in [6, 6.07) is 75.0. The lowest BCUT2D eigenvalue weighted by Crippen LogP contribution is -2.61. The maximum Gasteiger partial charge on any atom is 0.252 e. The third kappa shape index (κ3) is 11.5. The van der Waals surface area contributed by atoms with E-state index in [-0.39, 0.29) is 60.1 Å². The molecule has 0 atom stereocenters. The summed E-state index contributed by atoms with van der Waals surface area (Å²) in [5.41, 5.74) is 21.6. The lowest BCUT2D eigenvalue weighted by atomic mass is 9.33. The van der Waals surface area contributed by atoms with Crippen molar-refractivity contribution >= 4 is 145 Å². The number of rotatable bonds is 8. The van der Waals surface area contributed by atoms with Crippen molar-refractivity contribution < 1.29 is 22.2 Å². The van der Waals surface area contributed by atoms with E-state index < -0.39 is 85.3 Å². The zero-order valence-corrected chi connectivity index (χ0v) is 68.7. The van der Waals surface area contributed by atoms with E-state index in [0.29, 0.717) is 50.9 Å². The molecule has 0 radical (unpaired) electrons. The lowest BCUT2D eigenvalue weighted by Gasteiger charge is -2.44. The van der Waals surface area contributed by atoms with Crippen molar-refractivity contribution in [2.75, 3.05) is 9.80 Å². The molecule has 6 nitrogen and oxygen atoms in total. The first-order valence-electron chi connectivity index (χ1n) is 47.2. The molecule has 0 bridgehead atoms. The van der Waals surface area contributed by atoms with E-state index in [0.717, 1.165) is 110 Å². The molecule has 4 aromatic heterocycles. The third-order valence-corrected chi connectivity index (χ3v) is 24.7. The standard InChI is InChI=1S/C110H96BN5O/c1-106(2,3)73-43-40-69(41-44-73)72-56-71(68-30-20-17-21-31-68)57-79(58-72)114-99-59-70(67-28-18-16-19-29-67)42-50-89(99)111-90-51-49-78(112-93-52-45-74(107(4,5)6)60-85(93)86-61-75(108(7,8)9)46-53-94(86)112)64-100(90)116(102-66-80(65-101(114)103(102)111)113-91-36-24-22-32-81(91)82-33-23-25-37-92(82)113)98-39-27-35-84-83-34-26-38-97(104(83)117-105(84)98)115-95-54-47-76(109(10,11)12)62-87(95)88-63-77(110(13,14)15)48-55-96(88)115/h16-66H,1-15H3/i16D,18D,19D,22D,23D,24D,25D,28D,29D,32D,33D,36D,37D. The van der Waals surface area contributed by atoms with Gasteiger partial charge in [-0.25, -0.2) is 0 Å². The first-order valence-corrected chi connectivity index (χ1v) is 40.7. The van der Waals surface area contributed by atoms with Crippen LogP contribution < -0.4 is 26.2 Å². The van der Waals surface area contributed by atoms with Crippen LogP contribution in [0.1, 0.15) is 149 Å². The highest BCUT2D eigenvalue weighted by atomic mass is 16.3. The number of fused-ring (bicyclic) bond motifs is 16. The van der Waals surface area contributed by atoms with E-state index in [2.05, 4.69) is 305 Å². The van der Waals surface area contributed by atoms with Crippen LogP contribution in [0.5, 0.6) is 0 Å². The largest absolute Gasteiger partial charge is 0.452 e. The van der Waals surface area contributed by atoms with Gasteiger partial charge in [-0.15, -0.1) is 0 Å². The monoisotopic (exact) mass is 1530 g/mol. The Morgan fingerprint density at radius 3 is 1.19 bits per heavy atom. The molecule has 2 aliphatic heterocycles. The number of hydrogen-bond acceptors (Lipinski definition) is 3. The summed E-state index contributed by atoms with van der Waals surface area (Å²) in [6.07, 6.45) is 0. The van der Waals surface area contributed by atoms with Crippen molar-refractivity contribution in [3.05, 3.63) is 337 Å². The van der Waals surface area contributed by atoms with Crippen LogP contribution in [-0.2, 0) is 27.1 Å². The number of hydrogen-bond donors (Lipinski definition) is 0. The van der Waals surface area contributed by atoms with Crippen LogP contribution in [0.4, 0.5) is 34.1 Å². The van der Waals surface area contributed by atoms with Crippen LogP contribution in [0.2, 0.25) is 0 Å². The molecule has 6 heterocycles. The SMILES string of the molecule is [2H]c1c([2H])c([2H])c(-c2ccc3c(c2)N(c2cc(-c4ccccc4)cc(-c4ccc(C(C)(C)C)cc4)c2)c2cc(-n4c5c([2H])c([2H])c([2H])c([2H])c5c5c([2H])c([2H])c([2H])c([2H])c54)cc4c2B3c2ccc(-n3c5ccc(C(C)(C)C)cc5c5cc(C(C)(C)C)ccc53)cc2N4c2cccc3c2oc2c(-n4c5ccc(C(C)(C)C)cc5c5cc(C(C)(C)C)ccc54)cccc23)c([2H])c1[2H]. The second kappa shape index (κ2) is 25.8. The molecule has 21 rings (SSSR count). The number of benzene rings is 15. The molecule has 0 amide bonds. The van der Waals surface area contributed by atoms with Crippen LogP contribution in [0.25, 0.3) is 138 Å². The molecule has 0 saturated carbocycles. The molecule has 0 saturated heterocycles. The van der Waals surface area contributed by atoms with Crippen molar-refractivity contribution in [3.8, 4) is 50.4 Å². The van der Waals surface area contributed by atoms with Crippen LogP contribution in [0.3, 0.4) is 0 Å². The van der Waals surface area contributed by atoms with E-state index in [9.17, 15) is 16.4 Å². The van der Waals surface area contributed by atoms with E-state index in [1.54, 1.807) is 4.57 Å². The Balaban J connectivity index is 0.946. The molecule has 570 valence electrons. The summed E-state index contributed by atoms with van der Waals surface area (Å²) in [5, 5.41) is 5.85. The second-order valence-electron chi connectivity index (χ2n) is 37.3. The smallest absolute Gasteiger partial charge is 0.252 e. The Kier molecular flexibility index (Phi) is 13.0. The molecular weight excluding hydrogens is 1420 g/mol. The zero-order valence-electron chi connectivity index (χ0n) is 81.7. The number of anilines is 6. The fourth-order valence-corrected chi connectivity index (χ4v) is 18.5. The molecule has 0 N–H and O–H groups in total. The molecule has 2 aliphatic rings. The van der Waals surface area contributed by atoms with Crippen molar-refractivity contribution in [1.82, 2.24) is 13.7 Å². The number of furan rings is 1. The van der Waals surface area contributed by atoms with Crippen molar-refractivity contribution in [1.29, 1.82) is 0 Å². The van der Waals surface area contributed by atoms with Gasteiger partial charge in [-0.1, -0.05) is 292 Å². The minimum atomic E-state index is -0.745. The summed E-state index contributed by atoms with van der Waals surface area (Å²) in [7, 11) is 0. The highest BCUT2D eigenvalue weighted by molar-refractivity contribution is 7.00. The highest BCUT2D eigenvalue weighted by Gasteiger charge is 2.45. The second-order valence-corrected chi connectivity index (χ2v) is 37.3. The highest BCUT2D eigenvalue weighted by Crippen LogP contribution is 2.53. The van der Waals surface area contributed by atoms with Gasteiger partial charge in [0.2, 0.25) is 0 Å². The fourth-order valence-electron chi connectivity index (χ4n) is 18.5. The summed E-state index contributed by atoms with van der Waals surface area (Å²) in [5.74, 6) is 0. The molecule has 0 unspecified atom stereocenters. The van der Waals surface area contributed by atoms with Gasteiger partial charge in [0.05, 0.1) is 68.0 Å². The predicted octanol–water partition coefficient (Wildman–Crippen LogP) is 28.4. The minimum Gasteiger partial charge on any atom is -0.452 e. The van der Waals surface area contributed by atoms with Gasteiger partial charge in [0.15, 0.2) is 11.2 Å². The van der Waals surface area contributed by atoms with Crippen LogP contribution >= 0.6 is 0 Å². The Bertz CT molecular complexity index is 7940. The fraction of sp³-hybridized carbons (Fsp3) is 0.182. The Labute approximate surface area is 704 Å². The molecule has 0 fully saturated rings. The van der Waals surface area contributed by atoms with Gasteiger partial charge < -0.3 is 27.9 Å². The normalized spacial score (nSPS) is 14.9. The van der Waals surface area contributed by atoms with Gasteiger partial charge in [0.1, 0.15) is 0 Å². The van der Waals surface area contributed by atoms with Gasteiger partial charge in [0.25, 0.3) is 6.71 Å². The first-order chi connectivity index (χ1) is 61.6. The van der Waals surface area contributed by atoms with Crippen molar-refractivity contribution in [3.63, 3.8) is 0 Å². The van der Waals surface area contributed by atoms with Crippen molar-refractivity contribution in [2.45, 2.75) is 131 Å². The Morgan fingerprint density at radius 1 is 0.248 bits per heavy atom. The summed E-state index contributed by atoms with van der Waals surface area (Å²) in [4.78, 5) is 4.42. The van der Waals surface area contributed by atoms with Gasteiger partial charge in [-0.3, -0.25) is 0 Å². The molecule has 117 heavy (non-hydrogen) atoms. The van der Waals surface area contributed by atoms with Crippen LogP contribution in [0, 0.1) is 0 Å². The summed E-state index contributed by atoms with van der Waals surface area (Å²) < 4.78 is 139. The lowest BCUT2D eigenvalue weighted by molar-refractivity contribution is 0.590. The molecule has 0 aliphatic carbocycles. The molecule has 19 aromatic rings. The topological polar surface area (TPSA) is 34.4 Å². The maximum absolute atomic E-state index is 10.2. The van der Waals surface area contributed by atoms with Crippen molar-refractivity contribution in [2.24, 2.45) is 0 Å². The first kappa shape index (κ1) is 58.9. The maximum atomic E-state index is 10.2. The number of nitrogens with zero attached hydrogens (tertiary/aromatic N) is 5. The van der Waals surface area contributed by atoms with Crippen LogP contribution in [-0.4, -0.2) is 20.4 Å². The Hall–Kier alpha value is -12.8. The van der Waals surface area contributed by atoms with E-state index in [1.807, 2.05) is 48.5 Å². The zero-order chi connectivity index (χ0) is 91.6. The van der Waals surface area contributed by atoms with Gasteiger partial charge in [-0.2, -0.15) is 0 Å². The third-order valence-electron chi connectivity index (χ3n) is 24.7. The molecule has 0 spiro atoms. The van der Waals surface area contributed by atoms with E-state index in [1.165, 1.54) is 22.3 Å². The average molecular weight is 1530 g/mol. The van der Waals surface area contributed by atoms with Gasteiger partial charge >= 0.3 is 0 Å². The summed E-state index contributed by atoms with van der Waals surface area (Å²) >= 11 is 0. The average Bonchev–Trinajstić information content (AvgIpc) is 1.14. The molecular formula is C110H96BN5O. The number of para-hydroxylation sites is 4.